The maximum absolute atomic E-state index is 13.1. The minimum Gasteiger partial charge on any atom is -0.464 e. The summed E-state index contributed by atoms with van der Waals surface area (Å²) in [6.45, 7) is -1.14. The molecule has 0 radical (unpaired) electrons. The van der Waals surface area contributed by atoms with Crippen LogP contribution in [-0.4, -0.2) is 41.5 Å². The fourth-order valence-corrected chi connectivity index (χ4v) is 1.79. The first kappa shape index (κ1) is 18.2. The molecule has 0 aliphatic rings. The predicted molar refractivity (Wildman–Crippen MR) is 67.7 cm³/mol. The molecule has 1 unspecified atom stereocenters. The van der Waals surface area contributed by atoms with E-state index in [-0.39, 0.29) is 12.0 Å². The van der Waals surface area contributed by atoms with Crippen molar-refractivity contribution in [3.05, 3.63) is 34.7 Å². The van der Waals surface area contributed by atoms with Gasteiger partial charge in [-0.1, -0.05) is 0 Å². The molecule has 1 rings (SSSR count). The van der Waals surface area contributed by atoms with Crippen LogP contribution in [0, 0.1) is 0 Å². The number of alkyl halides is 3. The molecule has 0 fully saturated rings. The van der Waals surface area contributed by atoms with Gasteiger partial charge < -0.3 is 9.30 Å². The summed E-state index contributed by atoms with van der Waals surface area (Å²) in [5.74, 6) is -0.897. The zero-order valence-corrected chi connectivity index (χ0v) is 11.8. The standard InChI is InChI=1S/C11H12F3NO6S/c12-9(11(13,14)22(18,19)20)3-6-21-10(17)7-15-4-1-8(16)2-5-15/h1-2,4-5,9H,3,6-7H2,(H,18,19,20). The number of halogens is 3. The van der Waals surface area contributed by atoms with Gasteiger partial charge in [0.05, 0.1) is 6.61 Å². The molecule has 11 heteroatoms. The van der Waals surface area contributed by atoms with Crippen LogP contribution in [0.25, 0.3) is 0 Å². The van der Waals surface area contributed by atoms with Crippen LogP contribution in [-0.2, 0) is 26.2 Å². The van der Waals surface area contributed by atoms with Crippen LogP contribution in [0.5, 0.6) is 0 Å². The lowest BCUT2D eigenvalue weighted by atomic mass is 10.3. The predicted octanol–water partition coefficient (Wildman–Crippen LogP) is 0.600. The third-order valence-corrected chi connectivity index (χ3v) is 3.46. The Labute approximate surface area is 123 Å². The van der Waals surface area contributed by atoms with E-state index in [1.807, 2.05) is 0 Å². The molecule has 0 spiro atoms. The van der Waals surface area contributed by atoms with Crippen molar-refractivity contribution >= 4 is 16.1 Å². The van der Waals surface area contributed by atoms with Gasteiger partial charge in [-0.25, -0.2) is 4.39 Å². The van der Waals surface area contributed by atoms with Gasteiger partial charge in [0.2, 0.25) is 0 Å². The van der Waals surface area contributed by atoms with E-state index in [2.05, 4.69) is 4.74 Å². The van der Waals surface area contributed by atoms with Crippen molar-refractivity contribution in [2.24, 2.45) is 0 Å². The molecule has 0 saturated carbocycles. The summed E-state index contributed by atoms with van der Waals surface area (Å²) >= 11 is 0. The fourth-order valence-electron chi connectivity index (χ4n) is 1.35. The van der Waals surface area contributed by atoms with Crippen LogP contribution in [0.4, 0.5) is 13.2 Å². The molecule has 0 aromatic carbocycles. The molecular weight excluding hydrogens is 331 g/mol. The lowest BCUT2D eigenvalue weighted by molar-refractivity contribution is -0.145. The minimum absolute atomic E-state index is 0.280. The van der Waals surface area contributed by atoms with Gasteiger partial charge in [0.1, 0.15) is 6.54 Å². The second kappa shape index (κ2) is 6.92. The maximum atomic E-state index is 13.1. The average molecular weight is 343 g/mol. The van der Waals surface area contributed by atoms with Crippen LogP contribution in [0.1, 0.15) is 6.42 Å². The molecular formula is C11H12F3NO6S. The number of hydrogen-bond donors (Lipinski definition) is 1. The molecule has 1 aromatic heterocycles. The Bertz CT molecular complexity index is 667. The largest absolute Gasteiger partial charge is 0.464 e. The van der Waals surface area contributed by atoms with Crippen LogP contribution in [0.3, 0.4) is 0 Å². The smallest absolute Gasteiger partial charge is 0.400 e. The fraction of sp³-hybridized carbons (Fsp3) is 0.455. The number of esters is 1. The topological polar surface area (TPSA) is 103 Å². The first-order chi connectivity index (χ1) is 10.0. The zero-order chi connectivity index (χ0) is 17.0. The molecule has 7 nitrogen and oxygen atoms in total. The van der Waals surface area contributed by atoms with Crippen LogP contribution in [0.15, 0.2) is 29.3 Å². The number of ether oxygens (including phenoxy) is 1. The highest BCUT2D eigenvalue weighted by atomic mass is 32.2. The van der Waals surface area contributed by atoms with Crippen molar-refractivity contribution in [1.29, 1.82) is 0 Å². The van der Waals surface area contributed by atoms with E-state index in [1.165, 1.54) is 29.1 Å². The van der Waals surface area contributed by atoms with Gasteiger partial charge in [0, 0.05) is 30.9 Å². The quantitative estimate of drug-likeness (QED) is 0.574. The van der Waals surface area contributed by atoms with Crippen LogP contribution >= 0.6 is 0 Å². The van der Waals surface area contributed by atoms with Crippen molar-refractivity contribution in [3.8, 4) is 0 Å². The maximum Gasteiger partial charge on any atom is 0.400 e. The molecule has 22 heavy (non-hydrogen) atoms. The molecule has 0 amide bonds. The van der Waals surface area contributed by atoms with Gasteiger partial charge in [-0.15, -0.1) is 0 Å². The van der Waals surface area contributed by atoms with E-state index >= 15 is 0 Å². The van der Waals surface area contributed by atoms with Gasteiger partial charge in [0.15, 0.2) is 11.6 Å². The number of carbonyl (C=O) groups is 1. The Morgan fingerprint density at radius 1 is 1.36 bits per heavy atom. The van der Waals surface area contributed by atoms with Crippen molar-refractivity contribution < 1.29 is 35.7 Å². The Kier molecular flexibility index (Phi) is 5.72. The molecule has 1 heterocycles. The normalized spacial score (nSPS) is 13.6. The first-order valence-corrected chi connectivity index (χ1v) is 7.28. The van der Waals surface area contributed by atoms with E-state index in [0.717, 1.165) is 0 Å². The van der Waals surface area contributed by atoms with Crippen LogP contribution in [0.2, 0.25) is 0 Å². The number of hydrogen-bond acceptors (Lipinski definition) is 5. The molecule has 0 bridgehead atoms. The number of pyridine rings is 1. The van der Waals surface area contributed by atoms with Crippen molar-refractivity contribution in [3.63, 3.8) is 0 Å². The van der Waals surface area contributed by atoms with E-state index < -0.39 is 40.5 Å². The Morgan fingerprint density at radius 2 is 1.91 bits per heavy atom. The average Bonchev–Trinajstić information content (AvgIpc) is 2.40. The van der Waals surface area contributed by atoms with E-state index in [9.17, 15) is 31.2 Å². The van der Waals surface area contributed by atoms with E-state index in [1.54, 1.807) is 0 Å². The molecule has 0 aliphatic heterocycles. The zero-order valence-electron chi connectivity index (χ0n) is 11.0. The van der Waals surface area contributed by atoms with Crippen molar-refractivity contribution in [2.75, 3.05) is 6.61 Å². The lowest BCUT2D eigenvalue weighted by Gasteiger charge is -2.17. The van der Waals surface area contributed by atoms with E-state index in [4.69, 9.17) is 4.55 Å². The molecule has 0 saturated heterocycles. The summed E-state index contributed by atoms with van der Waals surface area (Å²) < 4.78 is 73.3. The second-order valence-electron chi connectivity index (χ2n) is 4.22. The van der Waals surface area contributed by atoms with E-state index in [0.29, 0.717) is 0 Å². The van der Waals surface area contributed by atoms with Crippen molar-refractivity contribution in [1.82, 2.24) is 4.57 Å². The summed E-state index contributed by atoms with van der Waals surface area (Å²) in [5, 5.41) is -4.97. The lowest BCUT2D eigenvalue weighted by Crippen LogP contribution is -2.39. The van der Waals surface area contributed by atoms with Gasteiger partial charge >= 0.3 is 21.3 Å². The summed E-state index contributed by atoms with van der Waals surface area (Å²) in [7, 11) is -5.89. The number of aromatic nitrogens is 1. The van der Waals surface area contributed by atoms with Gasteiger partial charge in [-0.3, -0.25) is 14.1 Å². The summed E-state index contributed by atoms with van der Waals surface area (Å²) in [6.07, 6.45) is -1.76. The molecule has 1 aromatic rings. The molecule has 1 N–H and O–H groups in total. The number of carbonyl (C=O) groups excluding carboxylic acids is 1. The highest BCUT2D eigenvalue weighted by Gasteiger charge is 2.52. The van der Waals surface area contributed by atoms with Gasteiger partial charge in [-0.2, -0.15) is 17.2 Å². The summed E-state index contributed by atoms with van der Waals surface area (Å²) in [5.41, 5.74) is -0.280. The van der Waals surface area contributed by atoms with Gasteiger partial charge in [-0.05, 0) is 0 Å². The second-order valence-corrected chi connectivity index (χ2v) is 5.71. The highest BCUT2D eigenvalue weighted by molar-refractivity contribution is 7.86. The SMILES string of the molecule is O=C(Cn1ccc(=O)cc1)OCCC(F)C(F)(F)S(=O)(=O)O. The Hall–Kier alpha value is -1.88. The molecule has 0 aliphatic carbocycles. The molecule has 124 valence electrons. The first-order valence-electron chi connectivity index (χ1n) is 5.84. The summed E-state index contributed by atoms with van der Waals surface area (Å²) in [6, 6.07) is 2.36. The minimum atomic E-state index is -5.89. The van der Waals surface area contributed by atoms with Gasteiger partial charge in [0.25, 0.3) is 0 Å². The van der Waals surface area contributed by atoms with Crippen molar-refractivity contribution in [2.45, 2.75) is 24.4 Å². The van der Waals surface area contributed by atoms with Crippen LogP contribution < -0.4 is 5.43 Å². The monoisotopic (exact) mass is 343 g/mol. The molecule has 1 atom stereocenters. The third-order valence-electron chi connectivity index (χ3n) is 2.52. The number of rotatable bonds is 7. The highest BCUT2D eigenvalue weighted by Crippen LogP contribution is 2.29. The Balaban J connectivity index is 2.45. The summed E-state index contributed by atoms with van der Waals surface area (Å²) in [4.78, 5) is 22.1. The number of nitrogens with zero attached hydrogens (tertiary/aromatic N) is 1. The third kappa shape index (κ3) is 4.84. The Morgan fingerprint density at radius 3 is 2.41 bits per heavy atom.